The zero-order valence-electron chi connectivity index (χ0n) is 11.6. The second-order valence-electron chi connectivity index (χ2n) is 4.90. The van der Waals surface area contributed by atoms with Crippen LogP contribution in [0.5, 0.6) is 0 Å². The van der Waals surface area contributed by atoms with Crippen LogP contribution in [-0.4, -0.2) is 19.9 Å². The molecule has 0 amide bonds. The Labute approximate surface area is 118 Å². The summed E-state index contributed by atoms with van der Waals surface area (Å²) in [6, 6.07) is 18.2. The first kappa shape index (κ1) is 12.7. The zero-order chi connectivity index (χ0) is 13.9. The summed E-state index contributed by atoms with van der Waals surface area (Å²) in [4.78, 5) is 12.2. The SMILES string of the molecule is CN(C)c1ccc([C@H]2N=C(c3ccccc3)NO2)cc1. The standard InChI is InChI=1S/C16H17N3O/c1-19(2)14-10-8-13(9-11-14)16-17-15(18-20-16)12-6-4-3-5-7-12/h3-11,16H,1-2H3,(H,17,18)/t16-/m0/s1. The van der Waals surface area contributed by atoms with Crippen LogP contribution in [0.2, 0.25) is 0 Å². The molecule has 20 heavy (non-hydrogen) atoms. The first-order chi connectivity index (χ1) is 9.74. The molecule has 0 saturated carbocycles. The van der Waals surface area contributed by atoms with Crippen molar-refractivity contribution in [1.82, 2.24) is 5.48 Å². The molecule has 0 bridgehead atoms. The van der Waals surface area contributed by atoms with Gasteiger partial charge in [-0.25, -0.2) is 15.3 Å². The molecule has 3 rings (SSSR count). The Bertz CT molecular complexity index is 605. The van der Waals surface area contributed by atoms with Crippen molar-refractivity contribution in [2.75, 3.05) is 19.0 Å². The monoisotopic (exact) mass is 267 g/mol. The molecule has 0 aliphatic carbocycles. The molecule has 4 heteroatoms. The first-order valence-electron chi connectivity index (χ1n) is 6.56. The van der Waals surface area contributed by atoms with Gasteiger partial charge in [0.2, 0.25) is 6.23 Å². The molecule has 1 N–H and O–H groups in total. The fraction of sp³-hybridized carbons (Fsp3) is 0.188. The Kier molecular flexibility index (Phi) is 3.39. The Hall–Kier alpha value is -2.33. The molecular formula is C16H17N3O. The predicted octanol–water partition coefficient (Wildman–Crippen LogP) is 2.73. The molecule has 0 aromatic heterocycles. The fourth-order valence-corrected chi connectivity index (χ4v) is 2.09. The van der Waals surface area contributed by atoms with E-state index in [0.29, 0.717) is 0 Å². The van der Waals surface area contributed by atoms with Gasteiger partial charge in [-0.05, 0) is 12.1 Å². The maximum atomic E-state index is 5.54. The molecule has 102 valence electrons. The summed E-state index contributed by atoms with van der Waals surface area (Å²) in [5, 5.41) is 0. The summed E-state index contributed by atoms with van der Waals surface area (Å²) in [7, 11) is 4.04. The third kappa shape index (κ3) is 2.51. The molecule has 2 aromatic rings. The molecule has 1 heterocycles. The first-order valence-corrected chi connectivity index (χ1v) is 6.56. The van der Waals surface area contributed by atoms with E-state index in [-0.39, 0.29) is 6.23 Å². The number of nitrogens with one attached hydrogen (secondary N) is 1. The van der Waals surface area contributed by atoms with Gasteiger partial charge in [-0.1, -0.05) is 42.5 Å². The van der Waals surface area contributed by atoms with Gasteiger partial charge in [0.1, 0.15) is 0 Å². The Morgan fingerprint density at radius 1 is 1.00 bits per heavy atom. The number of anilines is 1. The maximum Gasteiger partial charge on any atom is 0.202 e. The molecule has 0 spiro atoms. The number of benzene rings is 2. The van der Waals surface area contributed by atoms with Crippen molar-refractivity contribution in [3.05, 3.63) is 65.7 Å². The Morgan fingerprint density at radius 2 is 1.70 bits per heavy atom. The lowest BCUT2D eigenvalue weighted by Gasteiger charge is -2.13. The maximum absolute atomic E-state index is 5.54. The molecule has 0 saturated heterocycles. The van der Waals surface area contributed by atoms with Gasteiger partial charge in [-0.15, -0.1) is 0 Å². The highest BCUT2D eigenvalue weighted by molar-refractivity contribution is 5.98. The van der Waals surface area contributed by atoms with Crippen molar-refractivity contribution >= 4 is 11.5 Å². The van der Waals surface area contributed by atoms with E-state index < -0.39 is 0 Å². The van der Waals surface area contributed by atoms with Gasteiger partial charge in [0.15, 0.2) is 5.84 Å². The van der Waals surface area contributed by atoms with E-state index in [1.807, 2.05) is 56.6 Å². The summed E-state index contributed by atoms with van der Waals surface area (Å²) >= 11 is 0. The molecular weight excluding hydrogens is 250 g/mol. The highest BCUT2D eigenvalue weighted by Crippen LogP contribution is 2.25. The van der Waals surface area contributed by atoms with Crippen LogP contribution in [-0.2, 0) is 4.84 Å². The van der Waals surface area contributed by atoms with Crippen molar-refractivity contribution < 1.29 is 4.84 Å². The molecule has 1 aliphatic heterocycles. The van der Waals surface area contributed by atoms with E-state index >= 15 is 0 Å². The van der Waals surface area contributed by atoms with Crippen LogP contribution in [0.4, 0.5) is 5.69 Å². The van der Waals surface area contributed by atoms with E-state index in [2.05, 4.69) is 27.5 Å². The molecule has 0 fully saturated rings. The van der Waals surface area contributed by atoms with Gasteiger partial charge in [0.05, 0.1) is 0 Å². The Morgan fingerprint density at radius 3 is 2.35 bits per heavy atom. The van der Waals surface area contributed by atoms with Crippen molar-refractivity contribution in [3.8, 4) is 0 Å². The number of hydroxylamine groups is 1. The second kappa shape index (κ2) is 5.35. The highest BCUT2D eigenvalue weighted by Gasteiger charge is 2.20. The van der Waals surface area contributed by atoms with E-state index in [0.717, 1.165) is 22.6 Å². The average Bonchev–Trinajstić information content (AvgIpc) is 2.98. The van der Waals surface area contributed by atoms with E-state index in [1.165, 1.54) is 0 Å². The lowest BCUT2D eigenvalue weighted by Crippen LogP contribution is -2.17. The second-order valence-corrected chi connectivity index (χ2v) is 4.90. The summed E-state index contributed by atoms with van der Waals surface area (Å²) in [6.07, 6.45) is -0.290. The largest absolute Gasteiger partial charge is 0.378 e. The molecule has 4 nitrogen and oxygen atoms in total. The van der Waals surface area contributed by atoms with Gasteiger partial charge < -0.3 is 4.90 Å². The van der Waals surface area contributed by atoms with Crippen LogP contribution < -0.4 is 10.4 Å². The van der Waals surface area contributed by atoms with Crippen molar-refractivity contribution in [3.63, 3.8) is 0 Å². The fourth-order valence-electron chi connectivity index (χ4n) is 2.09. The van der Waals surface area contributed by atoms with E-state index in [4.69, 9.17) is 4.84 Å². The summed E-state index contributed by atoms with van der Waals surface area (Å²) in [6.45, 7) is 0. The lowest BCUT2D eigenvalue weighted by atomic mass is 10.1. The van der Waals surface area contributed by atoms with Crippen molar-refractivity contribution in [2.24, 2.45) is 4.99 Å². The van der Waals surface area contributed by atoms with Gasteiger partial charge in [-0.2, -0.15) is 0 Å². The molecule has 0 unspecified atom stereocenters. The van der Waals surface area contributed by atoms with Gasteiger partial charge in [-0.3, -0.25) is 0 Å². The normalized spacial score (nSPS) is 17.5. The predicted molar refractivity (Wildman–Crippen MR) is 80.7 cm³/mol. The summed E-state index contributed by atoms with van der Waals surface area (Å²) < 4.78 is 0. The lowest BCUT2D eigenvalue weighted by molar-refractivity contribution is 0.0377. The van der Waals surface area contributed by atoms with Crippen LogP contribution >= 0.6 is 0 Å². The topological polar surface area (TPSA) is 36.9 Å². The quantitative estimate of drug-likeness (QED) is 0.929. The number of hydrogen-bond donors (Lipinski definition) is 1. The third-order valence-corrected chi connectivity index (χ3v) is 3.26. The summed E-state index contributed by atoms with van der Waals surface area (Å²) in [5.74, 6) is 0.771. The molecule has 1 atom stereocenters. The van der Waals surface area contributed by atoms with Crippen molar-refractivity contribution in [2.45, 2.75) is 6.23 Å². The average molecular weight is 267 g/mol. The van der Waals surface area contributed by atoms with Crippen LogP contribution in [0.3, 0.4) is 0 Å². The minimum Gasteiger partial charge on any atom is -0.378 e. The Balaban J connectivity index is 1.81. The number of aliphatic imine (C=N–C) groups is 1. The van der Waals surface area contributed by atoms with Crippen LogP contribution in [0.15, 0.2) is 59.6 Å². The highest BCUT2D eigenvalue weighted by atomic mass is 16.7. The van der Waals surface area contributed by atoms with Crippen LogP contribution in [0, 0.1) is 0 Å². The third-order valence-electron chi connectivity index (χ3n) is 3.26. The van der Waals surface area contributed by atoms with Gasteiger partial charge in [0.25, 0.3) is 0 Å². The van der Waals surface area contributed by atoms with Gasteiger partial charge >= 0.3 is 0 Å². The van der Waals surface area contributed by atoms with E-state index in [1.54, 1.807) is 0 Å². The minimum absolute atomic E-state index is 0.290. The minimum atomic E-state index is -0.290. The molecule has 0 radical (unpaired) electrons. The number of amidine groups is 1. The van der Waals surface area contributed by atoms with Crippen molar-refractivity contribution in [1.29, 1.82) is 0 Å². The van der Waals surface area contributed by atoms with Crippen LogP contribution in [0.25, 0.3) is 0 Å². The smallest absolute Gasteiger partial charge is 0.202 e. The van der Waals surface area contributed by atoms with Gasteiger partial charge in [0, 0.05) is 30.9 Å². The van der Waals surface area contributed by atoms with E-state index in [9.17, 15) is 0 Å². The molecule has 2 aromatic carbocycles. The van der Waals surface area contributed by atoms with Crippen LogP contribution in [0.1, 0.15) is 17.4 Å². The number of hydrogen-bond acceptors (Lipinski definition) is 4. The zero-order valence-corrected chi connectivity index (χ0v) is 11.6. The molecule has 1 aliphatic rings. The number of rotatable bonds is 3. The number of nitrogens with zero attached hydrogens (tertiary/aromatic N) is 2. The summed E-state index contributed by atoms with van der Waals surface area (Å²) in [5.41, 5.74) is 6.12.